The van der Waals surface area contributed by atoms with Crippen LogP contribution in [0.2, 0.25) is 0 Å². The molecule has 0 bridgehead atoms. The summed E-state index contributed by atoms with van der Waals surface area (Å²) >= 11 is 0. The molecule has 0 saturated heterocycles. The molecule has 0 fully saturated rings. The Bertz CT molecular complexity index is 848. The van der Waals surface area contributed by atoms with Gasteiger partial charge in [-0.3, -0.25) is 28.1 Å². The van der Waals surface area contributed by atoms with Crippen LogP contribution < -0.4 is 16.5 Å². The van der Waals surface area contributed by atoms with Crippen molar-refractivity contribution >= 4 is 19.5 Å². The van der Waals surface area contributed by atoms with Crippen LogP contribution in [-0.4, -0.2) is 74.2 Å². The number of halogens is 7. The van der Waals surface area contributed by atoms with Crippen LogP contribution in [-0.2, 0) is 28.0 Å². The third kappa shape index (κ3) is 12.4. The van der Waals surface area contributed by atoms with Gasteiger partial charge in [0.05, 0.1) is 19.3 Å². The summed E-state index contributed by atoms with van der Waals surface area (Å²) < 4.78 is 114. The largest absolute Gasteiger partial charge is 0.412 e. The Kier molecular flexibility index (Phi) is 12.2. The van der Waals surface area contributed by atoms with Crippen molar-refractivity contribution in [1.82, 2.24) is 15.7 Å². The predicted molar refractivity (Wildman–Crippen MR) is 112 cm³/mol. The Balaban J connectivity index is 2.78. The first-order valence-corrected chi connectivity index (χ1v) is 12.3. The summed E-state index contributed by atoms with van der Waals surface area (Å²) in [6.45, 7) is 0.141. The van der Waals surface area contributed by atoms with E-state index in [0.717, 1.165) is 0 Å². The molecule has 0 aromatic rings. The molecule has 19 heteroatoms. The molecule has 1 heterocycles. The first-order chi connectivity index (χ1) is 16.8. The van der Waals surface area contributed by atoms with Gasteiger partial charge in [-0.15, -0.1) is 0 Å². The third-order valence-corrected chi connectivity index (χ3v) is 5.85. The smallest absolute Gasteiger partial charge is 0.364 e. The maximum atomic E-state index is 14.6. The third-order valence-electron chi connectivity index (χ3n) is 4.34. The summed E-state index contributed by atoms with van der Waals surface area (Å²) in [7, 11) is -5.07. The van der Waals surface area contributed by atoms with E-state index in [1.165, 1.54) is 6.92 Å². The number of carbonyl (C=O) groups is 2. The van der Waals surface area contributed by atoms with E-state index < -0.39 is 81.8 Å². The zero-order valence-electron chi connectivity index (χ0n) is 19.9. The highest BCUT2D eigenvalue weighted by molar-refractivity contribution is 7.53. The normalized spacial score (nSPS) is 18.3. The molecule has 3 amide bonds. The molecule has 0 aliphatic carbocycles. The molecule has 1 aliphatic rings. The SMILES string of the molecule is CC(C)CCONC(=O)C1=C(F)C(N)N(C[C@@H](C)OCP(=O)(OCC(F)(F)F)OCC(F)(F)F)C(=O)N1. The minimum absolute atomic E-state index is 0.114. The van der Waals surface area contributed by atoms with Crippen LogP contribution in [0.25, 0.3) is 0 Å². The minimum atomic E-state index is -5.07. The fourth-order valence-electron chi connectivity index (χ4n) is 2.48. The van der Waals surface area contributed by atoms with E-state index >= 15 is 0 Å². The number of urea groups is 1. The molecule has 1 aliphatic heterocycles. The van der Waals surface area contributed by atoms with Gasteiger partial charge in [-0.05, 0) is 19.3 Å². The lowest BCUT2D eigenvalue weighted by Gasteiger charge is -2.34. The molecule has 216 valence electrons. The number of alkyl halides is 6. The van der Waals surface area contributed by atoms with E-state index in [2.05, 4.69) is 9.05 Å². The number of hydroxylamine groups is 1. The molecule has 0 aromatic heterocycles. The number of nitrogens with two attached hydrogens (primary N) is 1. The summed E-state index contributed by atoms with van der Waals surface area (Å²) in [6, 6.07) is -1.08. The van der Waals surface area contributed by atoms with Gasteiger partial charge in [0.15, 0.2) is 19.0 Å². The Hall–Kier alpha value is -1.98. The maximum absolute atomic E-state index is 14.6. The number of nitrogens with one attached hydrogen (secondary N) is 2. The molecule has 11 nitrogen and oxygen atoms in total. The second kappa shape index (κ2) is 13.7. The fourth-order valence-corrected chi connectivity index (χ4v) is 3.82. The van der Waals surface area contributed by atoms with Crippen molar-refractivity contribution in [3.05, 3.63) is 11.5 Å². The summed E-state index contributed by atoms with van der Waals surface area (Å²) in [5.74, 6) is -2.14. The van der Waals surface area contributed by atoms with E-state index in [9.17, 15) is 44.9 Å². The van der Waals surface area contributed by atoms with Crippen LogP contribution in [0, 0.1) is 5.92 Å². The molecule has 37 heavy (non-hydrogen) atoms. The molecule has 2 atom stereocenters. The first kappa shape index (κ1) is 33.0. The first-order valence-electron chi connectivity index (χ1n) is 10.6. The number of nitrogens with zero attached hydrogens (tertiary/aromatic N) is 1. The van der Waals surface area contributed by atoms with Crippen molar-refractivity contribution in [3.8, 4) is 0 Å². The van der Waals surface area contributed by atoms with Gasteiger partial charge in [0.2, 0.25) is 0 Å². The van der Waals surface area contributed by atoms with Gasteiger partial charge in [0.25, 0.3) is 5.91 Å². The molecule has 1 rings (SSSR count). The summed E-state index contributed by atoms with van der Waals surface area (Å²) in [5, 5.41) is 1.96. The van der Waals surface area contributed by atoms with Crippen LogP contribution in [0.5, 0.6) is 0 Å². The van der Waals surface area contributed by atoms with Gasteiger partial charge in [-0.1, -0.05) is 13.8 Å². The van der Waals surface area contributed by atoms with Gasteiger partial charge in [-0.2, -0.15) is 26.3 Å². The van der Waals surface area contributed by atoms with Crippen molar-refractivity contribution in [2.24, 2.45) is 11.7 Å². The average Bonchev–Trinajstić information content (AvgIpc) is 2.77. The monoisotopic (exact) mass is 576 g/mol. The maximum Gasteiger partial charge on any atom is 0.412 e. The zero-order chi connectivity index (χ0) is 28.6. The van der Waals surface area contributed by atoms with Crippen molar-refractivity contribution < 1.29 is 63.5 Å². The number of amides is 3. The van der Waals surface area contributed by atoms with E-state index in [1.807, 2.05) is 24.6 Å². The molecule has 0 saturated carbocycles. The number of hydrogen-bond acceptors (Lipinski definition) is 8. The fraction of sp³-hybridized carbons (Fsp3) is 0.778. The predicted octanol–water partition coefficient (Wildman–Crippen LogP) is 3.28. The highest BCUT2D eigenvalue weighted by Gasteiger charge is 2.40. The second-order valence-electron chi connectivity index (χ2n) is 8.21. The topological polar surface area (TPSA) is 141 Å². The standard InChI is InChI=1S/C18H28F7N4O7P/c1-10(2)4-5-34-28-15(30)13-12(19)14(26)29(16(31)27-13)6-11(3)33-9-37(32,35-7-17(20,21)22)36-8-18(23,24)25/h10-11,14H,4-9,26H2,1-3H3,(H,27,31)(H,28,30)/t11-,14?/m1/s1. The van der Waals surface area contributed by atoms with Gasteiger partial charge >= 0.3 is 26.0 Å². The van der Waals surface area contributed by atoms with Crippen LogP contribution in [0.3, 0.4) is 0 Å². The molecule has 0 spiro atoms. The van der Waals surface area contributed by atoms with E-state index in [4.69, 9.17) is 15.3 Å². The Morgan fingerprint density at radius 3 is 2.16 bits per heavy atom. The van der Waals surface area contributed by atoms with Crippen molar-refractivity contribution in [2.45, 2.75) is 51.8 Å². The summed E-state index contributed by atoms with van der Waals surface area (Å²) in [4.78, 5) is 30.0. The molecule has 4 N–H and O–H groups in total. The molecule has 0 aromatic carbocycles. The van der Waals surface area contributed by atoms with Crippen LogP contribution in [0.1, 0.15) is 27.2 Å². The molecular weight excluding hydrogens is 548 g/mol. The van der Waals surface area contributed by atoms with Crippen molar-refractivity contribution in [1.29, 1.82) is 0 Å². The second-order valence-corrected chi connectivity index (χ2v) is 10.2. The molecule has 0 radical (unpaired) electrons. The quantitative estimate of drug-likeness (QED) is 0.124. The highest BCUT2D eigenvalue weighted by atomic mass is 31.2. The minimum Gasteiger partial charge on any atom is -0.364 e. The number of rotatable bonds is 14. The summed E-state index contributed by atoms with van der Waals surface area (Å²) in [6.07, 6.45) is -13.9. The molecule has 1 unspecified atom stereocenters. The zero-order valence-corrected chi connectivity index (χ0v) is 20.8. The average molecular weight is 576 g/mol. The van der Waals surface area contributed by atoms with Gasteiger partial charge < -0.3 is 15.8 Å². The van der Waals surface area contributed by atoms with Crippen LogP contribution in [0.15, 0.2) is 11.5 Å². The van der Waals surface area contributed by atoms with Crippen LogP contribution in [0.4, 0.5) is 35.5 Å². The lowest BCUT2D eigenvalue weighted by atomic mass is 10.1. The number of ether oxygens (including phenoxy) is 1. The van der Waals surface area contributed by atoms with Crippen LogP contribution >= 0.6 is 7.60 Å². The molecular formula is C18H28F7N4O7P. The summed E-state index contributed by atoms with van der Waals surface area (Å²) in [5.41, 5.74) is 6.78. The lowest BCUT2D eigenvalue weighted by molar-refractivity contribution is -0.166. The van der Waals surface area contributed by atoms with E-state index in [-0.39, 0.29) is 12.5 Å². The number of carbonyl (C=O) groups excluding carboxylic acids is 2. The van der Waals surface area contributed by atoms with Gasteiger partial charge in [0.1, 0.15) is 18.2 Å². The highest BCUT2D eigenvalue weighted by Crippen LogP contribution is 2.50. The number of hydrogen-bond donors (Lipinski definition) is 3. The lowest BCUT2D eigenvalue weighted by Crippen LogP contribution is -2.58. The Labute approximate surface area is 207 Å². The Morgan fingerprint density at radius 2 is 1.68 bits per heavy atom. The van der Waals surface area contributed by atoms with Crippen molar-refractivity contribution in [3.63, 3.8) is 0 Å². The van der Waals surface area contributed by atoms with E-state index in [1.54, 1.807) is 0 Å². The van der Waals surface area contributed by atoms with Crippen molar-refractivity contribution in [2.75, 3.05) is 32.7 Å². The Morgan fingerprint density at radius 1 is 1.14 bits per heavy atom. The van der Waals surface area contributed by atoms with E-state index in [0.29, 0.717) is 11.3 Å². The van der Waals surface area contributed by atoms with Gasteiger partial charge in [-0.25, -0.2) is 14.7 Å². The van der Waals surface area contributed by atoms with Gasteiger partial charge in [0, 0.05) is 0 Å².